The van der Waals surface area contributed by atoms with Gasteiger partial charge in [-0.05, 0) is 42.0 Å². The SMILES string of the molecule is CCC(NC(=O)[C@@]([Si])(CC(C)C)NC(=O)NCc1ccccc1)C(=O)C(=O)NCc1cccc(N(C)C)c1. The van der Waals surface area contributed by atoms with E-state index >= 15 is 0 Å². The van der Waals surface area contributed by atoms with Gasteiger partial charge in [0.25, 0.3) is 5.91 Å². The lowest BCUT2D eigenvalue weighted by atomic mass is 10.0. The molecule has 0 aliphatic rings. The lowest BCUT2D eigenvalue weighted by Crippen LogP contribution is -2.64. The van der Waals surface area contributed by atoms with E-state index in [0.29, 0.717) is 0 Å². The summed E-state index contributed by atoms with van der Waals surface area (Å²) in [5.41, 5.74) is 2.73. The van der Waals surface area contributed by atoms with Crippen molar-refractivity contribution in [3.63, 3.8) is 0 Å². The molecule has 2 aromatic carbocycles. The summed E-state index contributed by atoms with van der Waals surface area (Å²) >= 11 is 0. The van der Waals surface area contributed by atoms with Crippen molar-refractivity contribution in [1.82, 2.24) is 21.3 Å². The minimum Gasteiger partial charge on any atom is -0.378 e. The third-order valence-electron chi connectivity index (χ3n) is 5.86. The minimum atomic E-state index is -1.48. The molecule has 0 aliphatic heterocycles. The summed E-state index contributed by atoms with van der Waals surface area (Å²) in [6.45, 7) is 5.98. The van der Waals surface area contributed by atoms with Gasteiger partial charge in [-0.25, -0.2) is 4.79 Å². The normalized spacial score (nSPS) is 13.1. The van der Waals surface area contributed by atoms with Crippen LogP contribution in [0.5, 0.6) is 0 Å². The zero-order valence-electron chi connectivity index (χ0n) is 22.8. The Balaban J connectivity index is 2.02. The number of anilines is 1. The van der Waals surface area contributed by atoms with E-state index in [4.69, 9.17) is 0 Å². The van der Waals surface area contributed by atoms with Crippen LogP contribution in [0.25, 0.3) is 0 Å². The number of Topliss-reactive ketones (excluding diaryl/α,β-unsaturated/α-hetero) is 1. The lowest BCUT2D eigenvalue weighted by molar-refractivity contribution is -0.140. The maximum atomic E-state index is 13.3. The molecule has 0 spiro atoms. The second-order valence-electron chi connectivity index (χ2n) is 9.84. The van der Waals surface area contributed by atoms with E-state index in [1.165, 1.54) is 0 Å². The number of benzene rings is 2. The smallest absolute Gasteiger partial charge is 0.315 e. The topological polar surface area (TPSA) is 120 Å². The largest absolute Gasteiger partial charge is 0.378 e. The van der Waals surface area contributed by atoms with E-state index in [2.05, 4.69) is 31.5 Å². The monoisotopic (exact) mass is 536 g/mol. The molecule has 0 fully saturated rings. The molecule has 2 atom stereocenters. The van der Waals surface area contributed by atoms with Gasteiger partial charge in [0.1, 0.15) is 5.16 Å². The molecule has 10 heteroatoms. The highest BCUT2D eigenvalue weighted by Crippen LogP contribution is 2.16. The number of carbonyl (C=O) groups is 4. The Morgan fingerprint density at radius 1 is 0.921 bits per heavy atom. The molecular formula is C28H38N5O4Si. The van der Waals surface area contributed by atoms with E-state index in [-0.39, 0.29) is 31.8 Å². The maximum absolute atomic E-state index is 13.3. The molecule has 0 saturated carbocycles. The fraction of sp³-hybridized carbons (Fsp3) is 0.429. The summed E-state index contributed by atoms with van der Waals surface area (Å²) in [5, 5.41) is 9.23. The van der Waals surface area contributed by atoms with E-state index in [1.54, 1.807) is 6.92 Å². The van der Waals surface area contributed by atoms with Gasteiger partial charge in [0.2, 0.25) is 11.7 Å². The highest BCUT2D eigenvalue weighted by atomic mass is 28.1. The standard InChI is InChI=1S/C28H38N5O4Si/c1-6-23(24(34)25(35)29-18-21-13-10-14-22(15-21)33(4)5)31-26(36)28(38,16-19(2)3)32-27(37)30-17-20-11-8-7-9-12-20/h7-15,19,23H,6,16-18H2,1-5H3,(H,29,35)(H,31,36)(H2,30,32,37)/t23?,28-/m0/s1. The quantitative estimate of drug-likeness (QED) is 0.231. The van der Waals surface area contributed by atoms with Crippen LogP contribution in [0, 0.1) is 5.92 Å². The van der Waals surface area contributed by atoms with Gasteiger partial charge >= 0.3 is 6.03 Å². The molecule has 38 heavy (non-hydrogen) atoms. The van der Waals surface area contributed by atoms with Gasteiger partial charge in [0, 0.05) is 32.9 Å². The van der Waals surface area contributed by atoms with Gasteiger partial charge in [-0.2, -0.15) is 0 Å². The first-order valence-corrected chi connectivity index (χ1v) is 13.2. The van der Waals surface area contributed by atoms with E-state index in [9.17, 15) is 19.2 Å². The summed E-state index contributed by atoms with van der Waals surface area (Å²) in [5.74, 6) is -2.12. The first-order chi connectivity index (χ1) is 17.9. The molecule has 4 amide bonds. The fourth-order valence-corrected chi connectivity index (χ4v) is 4.43. The second-order valence-corrected chi connectivity index (χ2v) is 10.7. The molecule has 0 saturated heterocycles. The zero-order chi connectivity index (χ0) is 28.3. The van der Waals surface area contributed by atoms with E-state index in [0.717, 1.165) is 16.8 Å². The zero-order valence-corrected chi connectivity index (χ0v) is 23.8. The third-order valence-corrected chi connectivity index (χ3v) is 6.41. The minimum absolute atomic E-state index is 0.0321. The van der Waals surface area contributed by atoms with Crippen molar-refractivity contribution in [2.24, 2.45) is 5.92 Å². The number of amides is 4. The van der Waals surface area contributed by atoms with Crippen molar-refractivity contribution < 1.29 is 19.2 Å². The van der Waals surface area contributed by atoms with Gasteiger partial charge in [-0.3, -0.25) is 14.4 Å². The van der Waals surface area contributed by atoms with Crippen LogP contribution in [0.3, 0.4) is 0 Å². The van der Waals surface area contributed by atoms with Gasteiger partial charge in [-0.1, -0.05) is 63.2 Å². The lowest BCUT2D eigenvalue weighted by Gasteiger charge is -2.32. The third kappa shape index (κ3) is 9.33. The van der Waals surface area contributed by atoms with Crippen LogP contribution < -0.4 is 26.2 Å². The highest BCUT2D eigenvalue weighted by Gasteiger charge is 2.38. The maximum Gasteiger partial charge on any atom is 0.315 e. The molecule has 203 valence electrons. The van der Waals surface area contributed by atoms with Crippen LogP contribution in [-0.2, 0) is 27.5 Å². The van der Waals surface area contributed by atoms with Crippen molar-refractivity contribution in [2.75, 3.05) is 19.0 Å². The molecule has 1 unspecified atom stereocenters. The van der Waals surface area contributed by atoms with Crippen LogP contribution in [0.15, 0.2) is 54.6 Å². The highest BCUT2D eigenvalue weighted by molar-refractivity contribution is 6.39. The fourth-order valence-electron chi connectivity index (χ4n) is 3.84. The molecule has 9 nitrogen and oxygen atoms in total. The van der Waals surface area contributed by atoms with Crippen LogP contribution in [0.1, 0.15) is 44.7 Å². The van der Waals surface area contributed by atoms with Crippen molar-refractivity contribution in [3.05, 3.63) is 65.7 Å². The molecular weight excluding hydrogens is 498 g/mol. The van der Waals surface area contributed by atoms with Gasteiger partial charge in [0.15, 0.2) is 0 Å². The summed E-state index contributed by atoms with van der Waals surface area (Å²) < 4.78 is 0. The summed E-state index contributed by atoms with van der Waals surface area (Å²) in [4.78, 5) is 53.4. The average Bonchev–Trinajstić information content (AvgIpc) is 2.88. The van der Waals surface area contributed by atoms with Crippen molar-refractivity contribution >= 4 is 39.6 Å². The van der Waals surface area contributed by atoms with Crippen LogP contribution in [0.4, 0.5) is 10.5 Å². The number of hydrogen-bond acceptors (Lipinski definition) is 5. The number of carbonyl (C=O) groups excluding carboxylic acids is 4. The Morgan fingerprint density at radius 3 is 2.16 bits per heavy atom. The molecule has 3 radical (unpaired) electrons. The summed E-state index contributed by atoms with van der Waals surface area (Å²) in [6, 6.07) is 15.4. The number of urea groups is 1. The molecule has 0 aromatic heterocycles. The number of hydrogen-bond donors (Lipinski definition) is 4. The summed E-state index contributed by atoms with van der Waals surface area (Å²) in [6.07, 6.45) is 0.464. The Bertz CT molecular complexity index is 1110. The average molecular weight is 537 g/mol. The van der Waals surface area contributed by atoms with E-state index < -0.39 is 34.8 Å². The predicted molar refractivity (Wildman–Crippen MR) is 150 cm³/mol. The van der Waals surface area contributed by atoms with Gasteiger partial charge in [-0.15, -0.1) is 0 Å². The summed E-state index contributed by atoms with van der Waals surface area (Å²) in [7, 11) is 7.30. The van der Waals surface area contributed by atoms with Crippen LogP contribution in [0.2, 0.25) is 0 Å². The molecule has 0 bridgehead atoms. The Labute approximate surface area is 228 Å². The molecule has 0 aliphatic carbocycles. The Morgan fingerprint density at radius 2 is 1.55 bits per heavy atom. The van der Waals surface area contributed by atoms with Crippen molar-refractivity contribution in [3.8, 4) is 0 Å². The Hall–Kier alpha value is -3.66. The van der Waals surface area contributed by atoms with Crippen molar-refractivity contribution in [2.45, 2.75) is 57.9 Å². The molecule has 2 aromatic rings. The van der Waals surface area contributed by atoms with Crippen molar-refractivity contribution in [1.29, 1.82) is 0 Å². The van der Waals surface area contributed by atoms with E-state index in [1.807, 2.05) is 87.4 Å². The number of rotatable bonds is 13. The number of nitrogens with zero attached hydrogens (tertiary/aromatic N) is 1. The first-order valence-electron chi connectivity index (χ1n) is 12.7. The van der Waals surface area contributed by atoms with Crippen LogP contribution in [-0.4, -0.2) is 59.2 Å². The van der Waals surface area contributed by atoms with Gasteiger partial charge < -0.3 is 26.2 Å². The second kappa shape index (κ2) is 14.3. The van der Waals surface area contributed by atoms with Gasteiger partial charge in [0.05, 0.1) is 16.3 Å². The molecule has 4 N–H and O–H groups in total. The predicted octanol–water partition coefficient (Wildman–Crippen LogP) is 2.24. The number of ketones is 1. The van der Waals surface area contributed by atoms with Crippen LogP contribution >= 0.6 is 0 Å². The first kappa shape index (κ1) is 30.6. The Kier molecular flexibility index (Phi) is 11.5. The number of nitrogens with one attached hydrogen (secondary N) is 4. The molecule has 0 heterocycles. The molecule has 2 rings (SSSR count).